The lowest BCUT2D eigenvalue weighted by atomic mass is 9.95. The van der Waals surface area contributed by atoms with E-state index >= 15 is 0 Å². The molecule has 1 N–H and O–H groups in total. The van der Waals surface area contributed by atoms with Crippen molar-refractivity contribution in [1.29, 1.82) is 0 Å². The second-order valence-corrected chi connectivity index (χ2v) is 5.68. The summed E-state index contributed by atoms with van der Waals surface area (Å²) in [5.74, 6) is -0.0318. The summed E-state index contributed by atoms with van der Waals surface area (Å²) in [6, 6.07) is 5.49. The Bertz CT molecular complexity index is 706. The molecule has 2 saturated heterocycles. The Hall–Kier alpha value is -1.88. The van der Waals surface area contributed by atoms with Crippen LogP contribution in [0, 0.1) is 6.92 Å². The maximum Gasteiger partial charge on any atom is 0.337 e. The molecule has 0 spiro atoms. The van der Waals surface area contributed by atoms with Gasteiger partial charge in [0.15, 0.2) is 0 Å². The second-order valence-electron chi connectivity index (χ2n) is 5.68. The lowest BCUT2D eigenvalue weighted by molar-refractivity contribution is 0.0697. The van der Waals surface area contributed by atoms with Crippen LogP contribution in [0.1, 0.15) is 41.5 Å². The van der Waals surface area contributed by atoms with Crippen molar-refractivity contribution in [1.82, 2.24) is 9.55 Å². The number of aryl methyl sites for hydroxylation is 1. The lowest BCUT2D eigenvalue weighted by Crippen LogP contribution is -2.22. The van der Waals surface area contributed by atoms with Gasteiger partial charge in [-0.25, -0.2) is 9.78 Å². The fourth-order valence-corrected chi connectivity index (χ4v) is 3.73. The van der Waals surface area contributed by atoms with Gasteiger partial charge in [0.1, 0.15) is 5.82 Å². The molecule has 3 heterocycles. The Kier molecular flexibility index (Phi) is 2.41. The number of aromatic nitrogens is 2. The van der Waals surface area contributed by atoms with Crippen LogP contribution >= 0.6 is 0 Å². The molecule has 2 aliphatic rings. The molecule has 2 aromatic rings. The van der Waals surface area contributed by atoms with Gasteiger partial charge in [0.05, 0.1) is 34.8 Å². The van der Waals surface area contributed by atoms with Gasteiger partial charge >= 0.3 is 5.97 Å². The number of rotatable bonds is 2. The van der Waals surface area contributed by atoms with Gasteiger partial charge in [-0.3, -0.25) is 0 Å². The molecule has 3 unspecified atom stereocenters. The van der Waals surface area contributed by atoms with Crippen molar-refractivity contribution in [2.75, 3.05) is 0 Å². The summed E-state index contributed by atoms with van der Waals surface area (Å²) in [5, 5.41) is 9.42. The van der Waals surface area contributed by atoms with Crippen LogP contribution in [0.15, 0.2) is 18.2 Å². The smallest absolute Gasteiger partial charge is 0.337 e. The first kappa shape index (κ1) is 11.9. The number of carbonyl (C=O) groups is 1. The van der Waals surface area contributed by atoms with Gasteiger partial charge in [0.2, 0.25) is 0 Å². The van der Waals surface area contributed by atoms with Crippen molar-refractivity contribution in [3.05, 3.63) is 29.6 Å². The van der Waals surface area contributed by atoms with Gasteiger partial charge in [-0.05, 0) is 38.3 Å². The standard InChI is InChI=1S/C15H16N2O3/c1-8-16-11-4-2-3-10(15(18)19)14(11)17(8)12-7-9-5-6-13(12)20-9/h2-4,9,12-13H,5-7H2,1H3,(H,18,19). The van der Waals surface area contributed by atoms with Crippen molar-refractivity contribution in [2.24, 2.45) is 0 Å². The number of fused-ring (bicyclic) bond motifs is 3. The van der Waals surface area contributed by atoms with Crippen LogP contribution in [0.3, 0.4) is 0 Å². The summed E-state index contributed by atoms with van der Waals surface area (Å²) >= 11 is 0. The molecule has 2 aliphatic heterocycles. The Morgan fingerprint density at radius 3 is 2.95 bits per heavy atom. The first-order valence-electron chi connectivity index (χ1n) is 7.01. The van der Waals surface area contributed by atoms with Crippen LogP contribution in [-0.2, 0) is 4.74 Å². The zero-order valence-electron chi connectivity index (χ0n) is 11.2. The molecule has 5 nitrogen and oxygen atoms in total. The molecule has 20 heavy (non-hydrogen) atoms. The van der Waals surface area contributed by atoms with Gasteiger partial charge in [-0.15, -0.1) is 0 Å². The highest BCUT2D eigenvalue weighted by Gasteiger charge is 2.43. The predicted molar refractivity (Wildman–Crippen MR) is 73.0 cm³/mol. The van der Waals surface area contributed by atoms with E-state index in [2.05, 4.69) is 9.55 Å². The molecule has 2 bridgehead atoms. The SMILES string of the molecule is Cc1nc2cccc(C(=O)O)c2n1C1CC2CCC1O2. The molecule has 0 amide bonds. The molecule has 1 aromatic heterocycles. The summed E-state index contributed by atoms with van der Waals surface area (Å²) in [4.78, 5) is 16.0. The van der Waals surface area contributed by atoms with Crippen molar-refractivity contribution < 1.29 is 14.6 Å². The van der Waals surface area contributed by atoms with Crippen LogP contribution in [0.5, 0.6) is 0 Å². The molecule has 0 radical (unpaired) electrons. The normalized spacial score (nSPS) is 28.4. The monoisotopic (exact) mass is 272 g/mol. The number of ether oxygens (including phenoxy) is 1. The minimum Gasteiger partial charge on any atom is -0.478 e. The highest BCUT2D eigenvalue weighted by Crippen LogP contribution is 2.43. The number of hydrogen-bond donors (Lipinski definition) is 1. The second kappa shape index (κ2) is 4.06. The summed E-state index contributed by atoms with van der Waals surface area (Å²) in [6.07, 6.45) is 3.68. The molecular weight excluding hydrogens is 256 g/mol. The predicted octanol–water partition coefficient (Wildman–Crippen LogP) is 2.54. The molecular formula is C15H16N2O3. The highest BCUT2D eigenvalue weighted by atomic mass is 16.5. The number of para-hydroxylation sites is 1. The Morgan fingerprint density at radius 1 is 1.45 bits per heavy atom. The average molecular weight is 272 g/mol. The molecule has 5 heteroatoms. The van der Waals surface area contributed by atoms with Crippen LogP contribution < -0.4 is 0 Å². The number of benzene rings is 1. The van der Waals surface area contributed by atoms with E-state index < -0.39 is 5.97 Å². The van der Waals surface area contributed by atoms with Crippen LogP contribution in [0.25, 0.3) is 11.0 Å². The highest BCUT2D eigenvalue weighted by molar-refractivity contribution is 6.01. The van der Waals surface area contributed by atoms with Crippen LogP contribution in [-0.4, -0.2) is 32.8 Å². The van der Waals surface area contributed by atoms with Gasteiger partial charge in [-0.1, -0.05) is 6.07 Å². The summed E-state index contributed by atoms with van der Waals surface area (Å²) in [7, 11) is 0. The van der Waals surface area contributed by atoms with Crippen LogP contribution in [0.4, 0.5) is 0 Å². The van der Waals surface area contributed by atoms with E-state index in [1.54, 1.807) is 12.1 Å². The third kappa shape index (κ3) is 1.53. The van der Waals surface area contributed by atoms with Crippen molar-refractivity contribution in [3.8, 4) is 0 Å². The van der Waals surface area contributed by atoms with E-state index in [-0.39, 0.29) is 12.1 Å². The molecule has 2 fully saturated rings. The van der Waals surface area contributed by atoms with Gasteiger partial charge in [0, 0.05) is 0 Å². The first-order chi connectivity index (χ1) is 9.65. The third-order valence-corrected chi connectivity index (χ3v) is 4.52. The fraction of sp³-hybridized carbons (Fsp3) is 0.467. The van der Waals surface area contributed by atoms with Crippen LogP contribution in [0.2, 0.25) is 0 Å². The first-order valence-corrected chi connectivity index (χ1v) is 7.01. The van der Waals surface area contributed by atoms with E-state index in [9.17, 15) is 9.90 Å². The number of carboxylic acid groups (broad SMARTS) is 1. The van der Waals surface area contributed by atoms with Crippen molar-refractivity contribution in [3.63, 3.8) is 0 Å². The van der Waals surface area contributed by atoms with E-state index in [1.807, 2.05) is 13.0 Å². The molecule has 0 aliphatic carbocycles. The van der Waals surface area contributed by atoms with E-state index in [0.29, 0.717) is 11.7 Å². The number of aromatic carboxylic acids is 1. The zero-order valence-corrected chi connectivity index (χ0v) is 11.2. The number of imidazole rings is 1. The number of carboxylic acids is 1. The average Bonchev–Trinajstić information content (AvgIpc) is 3.09. The lowest BCUT2D eigenvalue weighted by Gasteiger charge is -2.23. The number of nitrogens with zero attached hydrogens (tertiary/aromatic N) is 2. The largest absolute Gasteiger partial charge is 0.478 e. The Balaban J connectivity index is 1.94. The minimum atomic E-state index is -0.902. The summed E-state index contributed by atoms with van der Waals surface area (Å²) in [6.45, 7) is 1.94. The molecule has 1 aromatic carbocycles. The van der Waals surface area contributed by atoms with E-state index in [1.165, 1.54) is 0 Å². The van der Waals surface area contributed by atoms with E-state index in [4.69, 9.17) is 4.74 Å². The Morgan fingerprint density at radius 2 is 2.30 bits per heavy atom. The maximum absolute atomic E-state index is 11.5. The van der Waals surface area contributed by atoms with Gasteiger partial charge in [-0.2, -0.15) is 0 Å². The molecule has 104 valence electrons. The summed E-state index contributed by atoms with van der Waals surface area (Å²) in [5.41, 5.74) is 1.81. The Labute approximate surface area is 116 Å². The quantitative estimate of drug-likeness (QED) is 0.912. The number of hydrogen-bond acceptors (Lipinski definition) is 3. The molecule has 4 rings (SSSR count). The maximum atomic E-state index is 11.5. The summed E-state index contributed by atoms with van der Waals surface area (Å²) < 4.78 is 8.00. The minimum absolute atomic E-state index is 0.206. The van der Waals surface area contributed by atoms with Crippen molar-refractivity contribution in [2.45, 2.75) is 44.4 Å². The molecule has 3 atom stereocenters. The topological polar surface area (TPSA) is 64.3 Å². The van der Waals surface area contributed by atoms with Gasteiger partial charge < -0.3 is 14.4 Å². The third-order valence-electron chi connectivity index (χ3n) is 4.52. The van der Waals surface area contributed by atoms with Gasteiger partial charge in [0.25, 0.3) is 0 Å². The molecule has 0 saturated carbocycles. The zero-order chi connectivity index (χ0) is 13.9. The van der Waals surface area contributed by atoms with E-state index in [0.717, 1.165) is 36.1 Å². The fourth-order valence-electron chi connectivity index (χ4n) is 3.73. The van der Waals surface area contributed by atoms with Crippen molar-refractivity contribution >= 4 is 17.0 Å².